The Morgan fingerprint density at radius 1 is 1.40 bits per heavy atom. The Hall–Kier alpha value is -1.32. The lowest BCUT2D eigenvalue weighted by atomic mass is 10.2. The van der Waals surface area contributed by atoms with Crippen molar-refractivity contribution in [1.29, 1.82) is 0 Å². The minimum Gasteiger partial charge on any atom is -0.335 e. The summed E-state index contributed by atoms with van der Waals surface area (Å²) in [5.74, 6) is 0.145. The van der Waals surface area contributed by atoms with Crippen molar-refractivity contribution in [2.45, 2.75) is 40.8 Å². The molecule has 84 valence electrons. The van der Waals surface area contributed by atoms with Gasteiger partial charge in [0, 0.05) is 13.5 Å². The van der Waals surface area contributed by atoms with Crippen molar-refractivity contribution >= 4 is 5.91 Å². The maximum absolute atomic E-state index is 11.1. The van der Waals surface area contributed by atoms with Gasteiger partial charge in [-0.3, -0.25) is 9.48 Å². The number of aryl methyl sites for hydroxylation is 1. The second-order valence-electron chi connectivity index (χ2n) is 3.44. The monoisotopic (exact) mass is 209 g/mol. The molecule has 1 aliphatic heterocycles. The molecule has 0 N–H and O–H groups in total. The molecule has 2 rings (SSSR count). The Morgan fingerprint density at radius 3 is 2.67 bits per heavy atom. The lowest BCUT2D eigenvalue weighted by Crippen LogP contribution is -2.37. The summed E-state index contributed by atoms with van der Waals surface area (Å²) >= 11 is 0. The van der Waals surface area contributed by atoms with E-state index in [1.165, 1.54) is 11.3 Å². The van der Waals surface area contributed by atoms with Crippen LogP contribution in [0.5, 0.6) is 0 Å². The number of carbonyl (C=O) groups excluding carboxylic acids is 1. The van der Waals surface area contributed by atoms with Gasteiger partial charge in [-0.25, -0.2) is 0 Å². The van der Waals surface area contributed by atoms with E-state index in [9.17, 15) is 4.79 Å². The summed E-state index contributed by atoms with van der Waals surface area (Å²) in [5.41, 5.74) is 2.34. The van der Waals surface area contributed by atoms with Crippen LogP contribution in [0.1, 0.15) is 32.0 Å². The second kappa shape index (κ2) is 4.96. The number of fused-ring (bicyclic) bond motifs is 1. The van der Waals surface area contributed by atoms with Gasteiger partial charge in [0.1, 0.15) is 0 Å². The van der Waals surface area contributed by atoms with Gasteiger partial charge in [-0.1, -0.05) is 13.8 Å². The topological polar surface area (TPSA) is 38.1 Å². The average Bonchev–Trinajstić information content (AvgIpc) is 2.63. The zero-order valence-corrected chi connectivity index (χ0v) is 9.95. The molecule has 0 radical (unpaired) electrons. The van der Waals surface area contributed by atoms with Crippen LogP contribution in [0.15, 0.2) is 6.20 Å². The van der Waals surface area contributed by atoms with Gasteiger partial charge in [0.25, 0.3) is 0 Å². The molecule has 0 saturated heterocycles. The van der Waals surface area contributed by atoms with Crippen molar-refractivity contribution in [2.24, 2.45) is 0 Å². The SMILES string of the molecule is CC.CC(=O)N1CCn2ncc(C)c2C1. The van der Waals surface area contributed by atoms with Gasteiger partial charge in [0.15, 0.2) is 0 Å². The highest BCUT2D eigenvalue weighted by molar-refractivity contribution is 5.73. The van der Waals surface area contributed by atoms with Crippen LogP contribution >= 0.6 is 0 Å². The molecule has 1 amide bonds. The zero-order chi connectivity index (χ0) is 11.4. The van der Waals surface area contributed by atoms with E-state index in [0.29, 0.717) is 6.54 Å². The van der Waals surface area contributed by atoms with E-state index in [2.05, 4.69) is 5.10 Å². The number of hydrogen-bond acceptors (Lipinski definition) is 2. The van der Waals surface area contributed by atoms with E-state index in [1.807, 2.05) is 36.5 Å². The summed E-state index contributed by atoms with van der Waals surface area (Å²) in [6, 6.07) is 0. The molecule has 0 fully saturated rings. The largest absolute Gasteiger partial charge is 0.335 e. The highest BCUT2D eigenvalue weighted by Gasteiger charge is 2.19. The first-order valence-corrected chi connectivity index (χ1v) is 5.45. The highest BCUT2D eigenvalue weighted by atomic mass is 16.2. The molecular formula is C11H19N3O. The molecule has 4 nitrogen and oxygen atoms in total. The average molecular weight is 209 g/mol. The van der Waals surface area contributed by atoms with Crippen LogP contribution < -0.4 is 0 Å². The summed E-state index contributed by atoms with van der Waals surface area (Å²) in [7, 11) is 0. The molecule has 1 aliphatic rings. The summed E-state index contributed by atoms with van der Waals surface area (Å²) in [4.78, 5) is 13.0. The molecule has 0 unspecified atom stereocenters. The Kier molecular flexibility index (Phi) is 3.88. The van der Waals surface area contributed by atoms with Crippen LogP contribution in [0.25, 0.3) is 0 Å². The van der Waals surface area contributed by atoms with Gasteiger partial charge in [0.2, 0.25) is 5.91 Å². The number of nitrogens with zero attached hydrogens (tertiary/aromatic N) is 3. The van der Waals surface area contributed by atoms with Crippen molar-refractivity contribution < 1.29 is 4.79 Å². The summed E-state index contributed by atoms with van der Waals surface area (Å²) in [5, 5.41) is 4.23. The van der Waals surface area contributed by atoms with Crippen molar-refractivity contribution in [1.82, 2.24) is 14.7 Å². The minimum absolute atomic E-state index is 0.145. The van der Waals surface area contributed by atoms with E-state index in [-0.39, 0.29) is 5.91 Å². The van der Waals surface area contributed by atoms with Gasteiger partial charge in [-0.05, 0) is 12.5 Å². The Labute approximate surface area is 90.9 Å². The van der Waals surface area contributed by atoms with Crippen LogP contribution in [0, 0.1) is 6.92 Å². The predicted molar refractivity (Wildman–Crippen MR) is 59.4 cm³/mol. The van der Waals surface area contributed by atoms with E-state index < -0.39 is 0 Å². The molecule has 1 aromatic rings. The maximum atomic E-state index is 11.1. The van der Waals surface area contributed by atoms with E-state index in [0.717, 1.165) is 13.1 Å². The van der Waals surface area contributed by atoms with Gasteiger partial charge in [0.05, 0.1) is 25.0 Å². The highest BCUT2D eigenvalue weighted by Crippen LogP contribution is 2.15. The second-order valence-corrected chi connectivity index (χ2v) is 3.44. The number of aromatic nitrogens is 2. The van der Waals surface area contributed by atoms with Crippen LogP contribution in [0.3, 0.4) is 0 Å². The maximum Gasteiger partial charge on any atom is 0.219 e. The van der Waals surface area contributed by atoms with Crippen molar-refractivity contribution in [3.8, 4) is 0 Å². The van der Waals surface area contributed by atoms with Gasteiger partial charge in [-0.15, -0.1) is 0 Å². The fourth-order valence-corrected chi connectivity index (χ4v) is 1.65. The number of rotatable bonds is 0. The first-order valence-electron chi connectivity index (χ1n) is 5.45. The molecule has 4 heteroatoms. The fraction of sp³-hybridized carbons (Fsp3) is 0.636. The smallest absolute Gasteiger partial charge is 0.219 e. The zero-order valence-electron chi connectivity index (χ0n) is 9.95. The summed E-state index contributed by atoms with van der Waals surface area (Å²) < 4.78 is 1.98. The van der Waals surface area contributed by atoms with E-state index in [1.54, 1.807) is 6.92 Å². The van der Waals surface area contributed by atoms with E-state index in [4.69, 9.17) is 0 Å². The molecule has 0 aromatic carbocycles. The Bertz CT molecular complexity index is 344. The molecular weight excluding hydrogens is 190 g/mol. The molecule has 0 bridgehead atoms. The Balaban J connectivity index is 0.000000531. The first kappa shape index (κ1) is 11.8. The third-order valence-electron chi connectivity index (χ3n) is 2.53. The lowest BCUT2D eigenvalue weighted by molar-refractivity contribution is -0.130. The quantitative estimate of drug-likeness (QED) is 0.650. The summed E-state index contributed by atoms with van der Waals surface area (Å²) in [6.07, 6.45) is 1.86. The molecule has 1 aromatic heterocycles. The molecule has 0 aliphatic carbocycles. The number of carbonyl (C=O) groups is 1. The number of amides is 1. The molecule has 0 spiro atoms. The predicted octanol–water partition coefficient (Wildman–Crippen LogP) is 1.58. The standard InChI is InChI=1S/C9H13N3O.C2H6/c1-7-5-10-12-4-3-11(8(2)13)6-9(7)12;1-2/h5H,3-4,6H2,1-2H3;1-2H3. The minimum atomic E-state index is 0.145. The lowest BCUT2D eigenvalue weighted by Gasteiger charge is -2.27. The van der Waals surface area contributed by atoms with Crippen LogP contribution in [-0.4, -0.2) is 27.1 Å². The number of hydrogen-bond donors (Lipinski definition) is 0. The van der Waals surface area contributed by atoms with Crippen LogP contribution in [0.4, 0.5) is 0 Å². The van der Waals surface area contributed by atoms with Crippen molar-refractivity contribution in [2.75, 3.05) is 6.54 Å². The van der Waals surface area contributed by atoms with Crippen LogP contribution in [-0.2, 0) is 17.9 Å². The Morgan fingerprint density at radius 2 is 2.07 bits per heavy atom. The van der Waals surface area contributed by atoms with Gasteiger partial charge in [-0.2, -0.15) is 5.10 Å². The normalized spacial score (nSPS) is 14.0. The van der Waals surface area contributed by atoms with Crippen molar-refractivity contribution in [3.63, 3.8) is 0 Å². The van der Waals surface area contributed by atoms with Crippen molar-refractivity contribution in [3.05, 3.63) is 17.5 Å². The first-order chi connectivity index (χ1) is 7.18. The molecule has 2 heterocycles. The summed E-state index contributed by atoms with van der Waals surface area (Å²) in [6.45, 7) is 9.96. The van der Waals surface area contributed by atoms with E-state index >= 15 is 0 Å². The molecule has 0 saturated carbocycles. The molecule has 0 atom stereocenters. The third-order valence-corrected chi connectivity index (χ3v) is 2.53. The molecule has 15 heavy (non-hydrogen) atoms. The third kappa shape index (κ3) is 2.37. The van der Waals surface area contributed by atoms with Crippen LogP contribution in [0.2, 0.25) is 0 Å². The van der Waals surface area contributed by atoms with Gasteiger partial charge < -0.3 is 4.90 Å². The fourth-order valence-electron chi connectivity index (χ4n) is 1.65. The van der Waals surface area contributed by atoms with Gasteiger partial charge >= 0.3 is 0 Å².